The number of nitrogens with one attached hydrogen (secondary N) is 1. The second-order valence-corrected chi connectivity index (χ2v) is 8.47. The van der Waals surface area contributed by atoms with Gasteiger partial charge >= 0.3 is 0 Å². The summed E-state index contributed by atoms with van der Waals surface area (Å²) in [5.41, 5.74) is 1.78. The monoisotopic (exact) mass is 401 g/mol. The van der Waals surface area contributed by atoms with Gasteiger partial charge in [0.1, 0.15) is 6.54 Å². The van der Waals surface area contributed by atoms with Gasteiger partial charge in [-0.15, -0.1) is 11.3 Å². The van der Waals surface area contributed by atoms with Crippen molar-refractivity contribution < 1.29 is 13.2 Å². The maximum Gasteiger partial charge on any atom is 0.266 e. The number of rotatable bonds is 7. The Hall–Kier alpha value is -2.71. The Morgan fingerprint density at radius 3 is 2.41 bits per heavy atom. The van der Waals surface area contributed by atoms with Crippen LogP contribution in [-0.4, -0.2) is 25.9 Å². The van der Waals surface area contributed by atoms with Crippen LogP contribution in [0.4, 0.5) is 10.8 Å². The van der Waals surface area contributed by atoms with Crippen molar-refractivity contribution in [1.29, 1.82) is 0 Å². The van der Waals surface area contributed by atoms with E-state index in [2.05, 4.69) is 10.3 Å². The highest BCUT2D eigenvalue weighted by molar-refractivity contribution is 7.93. The number of aryl methyl sites for hydroxylation is 1. The molecule has 1 aromatic heterocycles. The van der Waals surface area contributed by atoms with E-state index in [-0.39, 0.29) is 16.6 Å². The molecule has 2 aromatic carbocycles. The lowest BCUT2D eigenvalue weighted by Gasteiger charge is -2.21. The molecule has 0 atom stereocenters. The first-order valence-corrected chi connectivity index (χ1v) is 10.7. The fourth-order valence-corrected chi connectivity index (χ4v) is 4.74. The lowest BCUT2D eigenvalue weighted by Crippen LogP contribution is -2.38. The summed E-state index contributed by atoms with van der Waals surface area (Å²) in [6.45, 7) is 1.69. The van der Waals surface area contributed by atoms with Crippen LogP contribution in [0.1, 0.15) is 12.5 Å². The van der Waals surface area contributed by atoms with Crippen LogP contribution >= 0.6 is 11.3 Å². The number of carbonyl (C=O) groups excluding carboxylic acids is 1. The third-order valence-electron chi connectivity index (χ3n) is 3.90. The molecule has 0 aliphatic heterocycles. The molecule has 0 saturated carbocycles. The van der Waals surface area contributed by atoms with E-state index in [4.69, 9.17) is 0 Å². The molecule has 0 bridgehead atoms. The molecule has 3 rings (SSSR count). The van der Waals surface area contributed by atoms with Crippen molar-refractivity contribution >= 4 is 38.1 Å². The molecule has 0 fully saturated rings. The van der Waals surface area contributed by atoms with Crippen LogP contribution in [0.5, 0.6) is 0 Å². The fraction of sp³-hybridized carbons (Fsp3) is 0.158. The number of nitrogens with zero attached hydrogens (tertiary/aromatic N) is 2. The van der Waals surface area contributed by atoms with Crippen LogP contribution in [0.3, 0.4) is 0 Å². The SMILES string of the molecule is CCc1ccc(NC(=O)CN(c2nccs2)S(=O)(=O)c2ccccc2)cc1. The number of carbonyl (C=O) groups is 1. The summed E-state index contributed by atoms with van der Waals surface area (Å²) in [6.07, 6.45) is 2.41. The minimum absolute atomic E-state index is 0.111. The zero-order valence-corrected chi connectivity index (χ0v) is 16.3. The summed E-state index contributed by atoms with van der Waals surface area (Å²) < 4.78 is 27.1. The van der Waals surface area contributed by atoms with E-state index < -0.39 is 15.9 Å². The molecule has 6 nitrogen and oxygen atoms in total. The van der Waals surface area contributed by atoms with E-state index in [0.717, 1.165) is 27.6 Å². The molecule has 1 amide bonds. The smallest absolute Gasteiger partial charge is 0.266 e. The first-order valence-electron chi connectivity index (χ1n) is 8.37. The topological polar surface area (TPSA) is 79.4 Å². The molecule has 0 radical (unpaired) electrons. The highest BCUT2D eigenvalue weighted by Gasteiger charge is 2.28. The number of amides is 1. The molecule has 0 aliphatic carbocycles. The maximum absolute atomic E-state index is 13.0. The third-order valence-corrected chi connectivity index (χ3v) is 6.56. The van der Waals surface area contributed by atoms with Gasteiger partial charge in [-0.1, -0.05) is 37.3 Å². The van der Waals surface area contributed by atoms with Gasteiger partial charge in [0.25, 0.3) is 10.0 Å². The van der Waals surface area contributed by atoms with Crippen LogP contribution in [-0.2, 0) is 21.2 Å². The number of hydrogen-bond acceptors (Lipinski definition) is 5. The standard InChI is InChI=1S/C19H19N3O3S2/c1-2-15-8-10-16(11-9-15)21-18(23)14-22(19-20-12-13-26-19)27(24,25)17-6-4-3-5-7-17/h3-13H,2,14H2,1H3,(H,21,23). The van der Waals surface area contributed by atoms with Gasteiger partial charge in [0.05, 0.1) is 4.90 Å². The Bertz CT molecular complexity index is 986. The molecular formula is C19H19N3O3S2. The van der Waals surface area contributed by atoms with Crippen molar-refractivity contribution in [2.24, 2.45) is 0 Å². The second kappa shape index (κ2) is 8.32. The largest absolute Gasteiger partial charge is 0.325 e. The van der Waals surface area contributed by atoms with Crippen molar-refractivity contribution in [3.63, 3.8) is 0 Å². The average molecular weight is 402 g/mol. The average Bonchev–Trinajstić information content (AvgIpc) is 3.21. The molecule has 140 valence electrons. The summed E-state index contributed by atoms with van der Waals surface area (Å²) in [7, 11) is -3.90. The van der Waals surface area contributed by atoms with Gasteiger partial charge in [-0.3, -0.25) is 4.79 Å². The summed E-state index contributed by atoms with van der Waals surface area (Å²) in [6, 6.07) is 15.5. The van der Waals surface area contributed by atoms with Crippen LogP contribution in [0, 0.1) is 0 Å². The predicted molar refractivity (Wildman–Crippen MR) is 108 cm³/mol. The number of thiazole rings is 1. The van der Waals surface area contributed by atoms with Crippen molar-refractivity contribution in [1.82, 2.24) is 4.98 Å². The zero-order chi connectivity index (χ0) is 19.3. The van der Waals surface area contributed by atoms with Gasteiger partial charge in [-0.25, -0.2) is 17.7 Å². The number of aromatic nitrogens is 1. The van der Waals surface area contributed by atoms with Crippen molar-refractivity contribution in [3.05, 3.63) is 71.7 Å². The molecule has 3 aromatic rings. The lowest BCUT2D eigenvalue weighted by atomic mass is 10.1. The third kappa shape index (κ3) is 4.53. The van der Waals surface area contributed by atoms with Gasteiger partial charge in [-0.2, -0.15) is 0 Å². The predicted octanol–water partition coefficient (Wildman–Crippen LogP) is 3.54. The molecular weight excluding hydrogens is 382 g/mol. The molecule has 0 aliphatic rings. The fourth-order valence-electron chi connectivity index (χ4n) is 2.47. The van der Waals surface area contributed by atoms with E-state index in [0.29, 0.717) is 5.69 Å². The van der Waals surface area contributed by atoms with Crippen LogP contribution < -0.4 is 9.62 Å². The van der Waals surface area contributed by atoms with E-state index in [1.807, 2.05) is 19.1 Å². The Labute approximate surface area is 162 Å². The Morgan fingerprint density at radius 2 is 1.81 bits per heavy atom. The summed E-state index contributed by atoms with van der Waals surface area (Å²) in [4.78, 5) is 16.7. The van der Waals surface area contributed by atoms with E-state index in [9.17, 15) is 13.2 Å². The molecule has 1 N–H and O–H groups in total. The van der Waals surface area contributed by atoms with Crippen LogP contribution in [0.2, 0.25) is 0 Å². The van der Waals surface area contributed by atoms with E-state index >= 15 is 0 Å². The Kier molecular flexibility index (Phi) is 5.88. The minimum atomic E-state index is -3.90. The number of benzene rings is 2. The van der Waals surface area contributed by atoms with Gasteiger partial charge in [-0.05, 0) is 36.2 Å². The van der Waals surface area contributed by atoms with Crippen molar-refractivity contribution in [2.75, 3.05) is 16.2 Å². The number of sulfonamides is 1. The maximum atomic E-state index is 13.0. The first kappa shape index (κ1) is 19.1. The number of hydrogen-bond donors (Lipinski definition) is 1. The van der Waals surface area contributed by atoms with Gasteiger partial charge < -0.3 is 5.32 Å². The van der Waals surface area contributed by atoms with Crippen LogP contribution in [0.15, 0.2) is 71.1 Å². The van der Waals surface area contributed by atoms with Crippen molar-refractivity contribution in [3.8, 4) is 0 Å². The van der Waals surface area contributed by atoms with E-state index in [1.54, 1.807) is 35.7 Å². The summed E-state index contributed by atoms with van der Waals surface area (Å²) in [5.74, 6) is -0.436. The van der Waals surface area contributed by atoms with Crippen molar-refractivity contribution in [2.45, 2.75) is 18.2 Å². The normalized spacial score (nSPS) is 11.1. The second-order valence-electron chi connectivity index (χ2n) is 5.74. The van der Waals surface area contributed by atoms with E-state index in [1.165, 1.54) is 18.3 Å². The molecule has 27 heavy (non-hydrogen) atoms. The van der Waals surface area contributed by atoms with Gasteiger partial charge in [0.15, 0.2) is 5.13 Å². The summed E-state index contributed by atoms with van der Waals surface area (Å²) in [5, 5.41) is 4.66. The molecule has 1 heterocycles. The molecule has 0 spiro atoms. The highest BCUT2D eigenvalue weighted by Crippen LogP contribution is 2.25. The van der Waals surface area contributed by atoms with Gasteiger partial charge in [0.2, 0.25) is 5.91 Å². The lowest BCUT2D eigenvalue weighted by molar-refractivity contribution is -0.114. The Morgan fingerprint density at radius 1 is 1.11 bits per heavy atom. The minimum Gasteiger partial charge on any atom is -0.325 e. The molecule has 0 unspecified atom stereocenters. The zero-order valence-electron chi connectivity index (χ0n) is 14.7. The first-order chi connectivity index (χ1) is 13.0. The quantitative estimate of drug-likeness (QED) is 0.657. The Balaban J connectivity index is 1.83. The number of anilines is 2. The highest BCUT2D eigenvalue weighted by atomic mass is 32.2. The van der Waals surface area contributed by atoms with Gasteiger partial charge in [0, 0.05) is 17.3 Å². The summed E-state index contributed by atoms with van der Waals surface area (Å²) >= 11 is 1.16. The van der Waals surface area contributed by atoms with Crippen LogP contribution in [0.25, 0.3) is 0 Å². The molecule has 0 saturated heterocycles. The molecule has 8 heteroatoms.